The number of methoxy groups -OCH3 is 1. The van der Waals surface area contributed by atoms with E-state index in [2.05, 4.69) is 39.3 Å². The summed E-state index contributed by atoms with van der Waals surface area (Å²) in [6, 6.07) is 4.54. The van der Waals surface area contributed by atoms with Crippen molar-refractivity contribution in [3.63, 3.8) is 0 Å². The van der Waals surface area contributed by atoms with E-state index < -0.39 is 0 Å². The highest BCUT2D eigenvalue weighted by Crippen LogP contribution is 2.25. The molecule has 0 fully saturated rings. The van der Waals surface area contributed by atoms with Crippen LogP contribution in [-0.2, 0) is 4.74 Å². The highest BCUT2D eigenvalue weighted by Gasteiger charge is 2.11. The van der Waals surface area contributed by atoms with Crippen molar-refractivity contribution in [2.45, 2.75) is 13.0 Å². The van der Waals surface area contributed by atoms with Crippen LogP contribution < -0.4 is 5.32 Å². The summed E-state index contributed by atoms with van der Waals surface area (Å²) in [4.78, 5) is 5.66. The number of rotatable bonds is 7. The molecule has 0 aliphatic rings. The quantitative estimate of drug-likeness (QED) is 0.781. The molecule has 5 heteroatoms. The molecule has 2 aromatic rings. The molecule has 1 unspecified atom stereocenters. The van der Waals surface area contributed by atoms with Gasteiger partial charge in [-0.1, -0.05) is 6.07 Å². The molecule has 4 nitrogen and oxygen atoms in total. The molecule has 0 bridgehead atoms. The lowest BCUT2D eigenvalue weighted by molar-refractivity contribution is 0.198. The molecule has 0 amide bonds. The minimum atomic E-state index is 0.376. The highest BCUT2D eigenvalue weighted by molar-refractivity contribution is 7.13. The number of nitrogens with one attached hydrogen (secondary N) is 1. The zero-order valence-electron chi connectivity index (χ0n) is 10.8. The fourth-order valence-electron chi connectivity index (χ4n) is 1.85. The molecular weight excluding hydrogens is 246 g/mol. The van der Waals surface area contributed by atoms with E-state index in [1.807, 2.05) is 12.4 Å². The third-order valence-corrected chi connectivity index (χ3v) is 3.67. The Kier molecular flexibility index (Phi) is 4.92. The van der Waals surface area contributed by atoms with Crippen LogP contribution in [0.5, 0.6) is 0 Å². The van der Waals surface area contributed by atoms with Gasteiger partial charge in [-0.2, -0.15) is 0 Å². The number of thiophene rings is 1. The smallest absolute Gasteiger partial charge is 0.150 e. The predicted octanol–water partition coefficient (Wildman–Crippen LogP) is 2.41. The van der Waals surface area contributed by atoms with Gasteiger partial charge in [-0.05, 0) is 18.4 Å². The third kappa shape index (κ3) is 3.19. The van der Waals surface area contributed by atoms with Crippen LogP contribution in [-0.4, -0.2) is 36.4 Å². The lowest BCUT2D eigenvalue weighted by atomic mass is 10.3. The van der Waals surface area contributed by atoms with E-state index in [9.17, 15) is 0 Å². The first-order valence-electron chi connectivity index (χ1n) is 6.09. The average Bonchev–Trinajstić information content (AvgIpc) is 3.02. The summed E-state index contributed by atoms with van der Waals surface area (Å²) < 4.78 is 7.23. The summed E-state index contributed by atoms with van der Waals surface area (Å²) in [5.74, 6) is 1.05. The van der Waals surface area contributed by atoms with Gasteiger partial charge in [0.2, 0.25) is 0 Å². The van der Waals surface area contributed by atoms with Crippen molar-refractivity contribution in [3.05, 3.63) is 29.9 Å². The van der Waals surface area contributed by atoms with Crippen molar-refractivity contribution in [3.8, 4) is 10.7 Å². The topological polar surface area (TPSA) is 39.1 Å². The van der Waals surface area contributed by atoms with Crippen LogP contribution in [0.15, 0.2) is 29.9 Å². The van der Waals surface area contributed by atoms with E-state index in [0.29, 0.717) is 6.04 Å². The van der Waals surface area contributed by atoms with E-state index in [0.717, 1.165) is 25.5 Å². The van der Waals surface area contributed by atoms with E-state index in [-0.39, 0.29) is 0 Å². The Morgan fingerprint density at radius 2 is 2.44 bits per heavy atom. The number of nitrogens with zero attached hydrogens (tertiary/aromatic N) is 2. The van der Waals surface area contributed by atoms with E-state index >= 15 is 0 Å². The molecule has 1 atom stereocenters. The first kappa shape index (κ1) is 13.3. The first-order chi connectivity index (χ1) is 8.83. The van der Waals surface area contributed by atoms with Crippen LogP contribution in [0.25, 0.3) is 10.7 Å². The fourth-order valence-corrected chi connectivity index (χ4v) is 2.57. The SMILES string of the molecule is COCCNCC(C)n1ccnc1-c1cccs1. The monoisotopic (exact) mass is 265 g/mol. The maximum absolute atomic E-state index is 5.02. The summed E-state index contributed by atoms with van der Waals surface area (Å²) in [5.41, 5.74) is 0. The van der Waals surface area contributed by atoms with Gasteiger partial charge < -0.3 is 14.6 Å². The zero-order chi connectivity index (χ0) is 12.8. The second-order valence-corrected chi connectivity index (χ2v) is 5.13. The molecule has 0 saturated carbocycles. The van der Waals surface area contributed by atoms with Gasteiger partial charge >= 0.3 is 0 Å². The first-order valence-corrected chi connectivity index (χ1v) is 6.97. The Hall–Kier alpha value is -1.17. The largest absolute Gasteiger partial charge is 0.383 e. The minimum absolute atomic E-state index is 0.376. The average molecular weight is 265 g/mol. The summed E-state index contributed by atoms with van der Waals surface area (Å²) in [6.07, 6.45) is 3.90. The second-order valence-electron chi connectivity index (χ2n) is 4.18. The van der Waals surface area contributed by atoms with Crippen molar-refractivity contribution >= 4 is 11.3 Å². The molecule has 2 aromatic heterocycles. The molecule has 1 N–H and O–H groups in total. The molecule has 0 radical (unpaired) electrons. The number of aromatic nitrogens is 2. The van der Waals surface area contributed by atoms with Gasteiger partial charge in [0.25, 0.3) is 0 Å². The summed E-state index contributed by atoms with van der Waals surface area (Å²) in [6.45, 7) is 4.73. The van der Waals surface area contributed by atoms with Crippen molar-refractivity contribution in [2.75, 3.05) is 26.8 Å². The van der Waals surface area contributed by atoms with Crippen LogP contribution in [0.1, 0.15) is 13.0 Å². The maximum atomic E-state index is 5.02. The standard InChI is InChI=1S/C13H19N3OS/c1-11(10-14-6-8-17-2)16-7-5-15-13(16)12-4-3-9-18-12/h3-5,7,9,11,14H,6,8,10H2,1-2H3. The molecule has 0 aromatic carbocycles. The van der Waals surface area contributed by atoms with Gasteiger partial charge in [0.05, 0.1) is 11.5 Å². The maximum Gasteiger partial charge on any atom is 0.150 e. The van der Waals surface area contributed by atoms with Gasteiger partial charge in [0.1, 0.15) is 5.82 Å². The fraction of sp³-hybridized carbons (Fsp3) is 0.462. The van der Waals surface area contributed by atoms with Crippen LogP contribution in [0.4, 0.5) is 0 Å². The van der Waals surface area contributed by atoms with Gasteiger partial charge in [0.15, 0.2) is 0 Å². The van der Waals surface area contributed by atoms with Crippen molar-refractivity contribution in [2.24, 2.45) is 0 Å². The highest BCUT2D eigenvalue weighted by atomic mass is 32.1. The molecule has 0 aliphatic carbocycles. The Balaban J connectivity index is 1.98. The van der Waals surface area contributed by atoms with Gasteiger partial charge in [0, 0.05) is 38.6 Å². The number of hydrogen-bond donors (Lipinski definition) is 1. The predicted molar refractivity (Wildman–Crippen MR) is 75.0 cm³/mol. The van der Waals surface area contributed by atoms with Crippen LogP contribution >= 0.6 is 11.3 Å². The Morgan fingerprint density at radius 1 is 1.56 bits per heavy atom. The Morgan fingerprint density at radius 3 is 3.17 bits per heavy atom. The summed E-state index contributed by atoms with van der Waals surface area (Å²) in [5, 5.41) is 5.46. The van der Waals surface area contributed by atoms with Crippen molar-refractivity contribution in [1.29, 1.82) is 0 Å². The lowest BCUT2D eigenvalue weighted by Gasteiger charge is -2.16. The molecule has 98 valence electrons. The van der Waals surface area contributed by atoms with E-state index in [1.165, 1.54) is 4.88 Å². The van der Waals surface area contributed by atoms with Gasteiger partial charge in [-0.15, -0.1) is 11.3 Å². The third-order valence-electron chi connectivity index (χ3n) is 2.81. The van der Waals surface area contributed by atoms with Crippen LogP contribution in [0.2, 0.25) is 0 Å². The molecule has 2 heterocycles. The molecule has 0 aliphatic heterocycles. The van der Waals surface area contributed by atoms with Gasteiger partial charge in [-0.3, -0.25) is 0 Å². The molecule has 0 saturated heterocycles. The molecule has 0 spiro atoms. The van der Waals surface area contributed by atoms with E-state index in [1.54, 1.807) is 18.4 Å². The number of ether oxygens (including phenoxy) is 1. The Bertz CT molecular complexity index is 453. The lowest BCUT2D eigenvalue weighted by Crippen LogP contribution is -2.26. The molecule has 2 rings (SSSR count). The number of hydrogen-bond acceptors (Lipinski definition) is 4. The van der Waals surface area contributed by atoms with E-state index in [4.69, 9.17) is 4.74 Å². The Labute approximate surface area is 112 Å². The normalized spacial score (nSPS) is 12.8. The van der Waals surface area contributed by atoms with Crippen molar-refractivity contribution in [1.82, 2.24) is 14.9 Å². The van der Waals surface area contributed by atoms with Crippen molar-refractivity contribution < 1.29 is 4.74 Å². The number of imidazole rings is 1. The van der Waals surface area contributed by atoms with Gasteiger partial charge in [-0.25, -0.2) is 4.98 Å². The molecular formula is C13H19N3OS. The van der Waals surface area contributed by atoms with Crippen LogP contribution in [0.3, 0.4) is 0 Å². The zero-order valence-corrected chi connectivity index (χ0v) is 11.6. The second kappa shape index (κ2) is 6.68. The summed E-state index contributed by atoms with van der Waals surface area (Å²) in [7, 11) is 1.72. The minimum Gasteiger partial charge on any atom is -0.383 e. The van der Waals surface area contributed by atoms with Crippen LogP contribution in [0, 0.1) is 0 Å². The molecule has 18 heavy (non-hydrogen) atoms. The summed E-state index contributed by atoms with van der Waals surface area (Å²) >= 11 is 1.72.